The summed E-state index contributed by atoms with van der Waals surface area (Å²) < 4.78 is 34.8. The third kappa shape index (κ3) is 8.38. The van der Waals surface area contributed by atoms with Crippen LogP contribution in [0.1, 0.15) is 57.1 Å². The Morgan fingerprint density at radius 1 is 0.930 bits per heavy atom. The highest BCUT2D eigenvalue weighted by Crippen LogP contribution is 2.26. The lowest BCUT2D eigenvalue weighted by atomic mass is 10.1. The number of nitrogens with zero attached hydrogens (tertiary/aromatic N) is 2. The van der Waals surface area contributed by atoms with E-state index in [1.807, 2.05) is 63.2 Å². The van der Waals surface area contributed by atoms with Crippen LogP contribution in [-0.2, 0) is 26.0 Å². The number of benzene rings is 3. The molecule has 0 bridgehead atoms. The van der Waals surface area contributed by atoms with Crippen LogP contribution >= 0.6 is 0 Å². The molecule has 0 aliphatic heterocycles. The molecular formula is C34H43N3O5S. The summed E-state index contributed by atoms with van der Waals surface area (Å²) in [5.41, 5.74) is 2.37. The van der Waals surface area contributed by atoms with Gasteiger partial charge in [-0.15, -0.1) is 0 Å². The Labute approximate surface area is 256 Å². The quantitative estimate of drug-likeness (QED) is 0.262. The number of aryl methyl sites for hydroxylation is 1. The van der Waals surface area contributed by atoms with E-state index in [4.69, 9.17) is 4.74 Å². The van der Waals surface area contributed by atoms with Crippen molar-refractivity contribution in [3.05, 3.63) is 90.0 Å². The molecule has 1 unspecified atom stereocenters. The molecule has 43 heavy (non-hydrogen) atoms. The van der Waals surface area contributed by atoms with Crippen molar-refractivity contribution in [3.63, 3.8) is 0 Å². The van der Waals surface area contributed by atoms with Crippen molar-refractivity contribution in [1.29, 1.82) is 0 Å². The summed E-state index contributed by atoms with van der Waals surface area (Å²) in [6.45, 7) is 5.96. The molecule has 4 rings (SSSR count). The molecule has 1 fully saturated rings. The molecule has 1 atom stereocenters. The fourth-order valence-corrected chi connectivity index (χ4v) is 6.92. The van der Waals surface area contributed by atoms with Crippen LogP contribution in [0.5, 0.6) is 5.75 Å². The zero-order chi connectivity index (χ0) is 30.8. The molecule has 8 nitrogen and oxygen atoms in total. The minimum Gasteiger partial charge on any atom is -0.494 e. The summed E-state index contributed by atoms with van der Waals surface area (Å²) in [6, 6.07) is 22.4. The van der Waals surface area contributed by atoms with E-state index in [9.17, 15) is 18.0 Å². The number of hydrogen-bond donors (Lipinski definition) is 1. The number of sulfonamides is 1. The number of anilines is 1. The number of carbonyl (C=O) groups is 2. The van der Waals surface area contributed by atoms with Crippen molar-refractivity contribution in [2.75, 3.05) is 24.0 Å². The first-order valence-corrected chi connectivity index (χ1v) is 16.6. The Kier molecular flexibility index (Phi) is 11.2. The van der Waals surface area contributed by atoms with E-state index < -0.39 is 28.5 Å². The molecule has 9 heteroatoms. The third-order valence-electron chi connectivity index (χ3n) is 7.90. The first kappa shape index (κ1) is 32.1. The number of hydrogen-bond acceptors (Lipinski definition) is 5. The molecule has 0 aromatic heterocycles. The van der Waals surface area contributed by atoms with Crippen LogP contribution in [0.2, 0.25) is 0 Å². The summed E-state index contributed by atoms with van der Waals surface area (Å²) in [5.74, 6) is -0.0583. The van der Waals surface area contributed by atoms with Gasteiger partial charge in [-0.2, -0.15) is 0 Å². The molecule has 0 radical (unpaired) electrons. The molecule has 3 aromatic rings. The van der Waals surface area contributed by atoms with Crippen molar-refractivity contribution in [2.24, 2.45) is 0 Å². The van der Waals surface area contributed by atoms with Gasteiger partial charge < -0.3 is 15.0 Å². The number of ether oxygens (including phenoxy) is 1. The summed E-state index contributed by atoms with van der Waals surface area (Å²) >= 11 is 0. The zero-order valence-electron chi connectivity index (χ0n) is 25.4. The largest absolute Gasteiger partial charge is 0.494 e. The predicted molar refractivity (Wildman–Crippen MR) is 170 cm³/mol. The number of carbonyl (C=O) groups excluding carboxylic acids is 2. The second kappa shape index (κ2) is 15.0. The maximum atomic E-state index is 14.2. The van der Waals surface area contributed by atoms with Gasteiger partial charge in [0.15, 0.2) is 0 Å². The Morgan fingerprint density at radius 3 is 2.19 bits per heavy atom. The first-order valence-electron chi connectivity index (χ1n) is 15.2. The number of rotatable bonds is 14. The van der Waals surface area contributed by atoms with Gasteiger partial charge >= 0.3 is 0 Å². The van der Waals surface area contributed by atoms with Crippen molar-refractivity contribution in [2.45, 2.75) is 76.3 Å². The van der Waals surface area contributed by atoms with E-state index in [2.05, 4.69) is 5.32 Å². The highest BCUT2D eigenvalue weighted by Gasteiger charge is 2.34. The SMILES string of the molecule is CCOc1ccc(S(=O)(=O)N(CC(=O)N(CCc2ccccc2)C(CC)C(=O)NC2CCCC2)c2ccc(C)cc2)cc1. The molecule has 1 N–H and O–H groups in total. The second-order valence-electron chi connectivity index (χ2n) is 11.0. The number of amides is 2. The van der Waals surface area contributed by atoms with Gasteiger partial charge in [0.1, 0.15) is 18.3 Å². The van der Waals surface area contributed by atoms with Gasteiger partial charge in [0.2, 0.25) is 11.8 Å². The zero-order valence-corrected chi connectivity index (χ0v) is 26.2. The van der Waals surface area contributed by atoms with Crippen molar-refractivity contribution >= 4 is 27.5 Å². The van der Waals surface area contributed by atoms with Gasteiger partial charge in [0.05, 0.1) is 17.2 Å². The standard InChI is InChI=1S/C34H43N3O5S/c1-4-32(34(39)35-28-13-9-10-14-28)36(24-23-27-11-7-6-8-12-27)33(38)25-37(29-17-15-26(3)16-18-29)43(40,41)31-21-19-30(20-22-31)42-5-2/h6-8,11-12,15-22,28,32H,4-5,9-10,13-14,23-25H2,1-3H3,(H,35,39). The summed E-state index contributed by atoms with van der Waals surface area (Å²) in [6.07, 6.45) is 4.97. The summed E-state index contributed by atoms with van der Waals surface area (Å²) in [5, 5.41) is 3.15. The Bertz CT molecular complexity index is 1440. The molecule has 0 saturated heterocycles. The van der Waals surface area contributed by atoms with Crippen LogP contribution in [0.25, 0.3) is 0 Å². The molecule has 0 heterocycles. The fourth-order valence-electron chi connectivity index (χ4n) is 5.50. The minimum absolute atomic E-state index is 0.0474. The van der Waals surface area contributed by atoms with E-state index in [-0.39, 0.29) is 23.4 Å². The van der Waals surface area contributed by atoms with Crippen molar-refractivity contribution in [1.82, 2.24) is 10.2 Å². The molecule has 0 spiro atoms. The molecule has 230 valence electrons. The van der Waals surface area contributed by atoms with Crippen molar-refractivity contribution in [3.8, 4) is 5.75 Å². The Balaban J connectivity index is 1.66. The second-order valence-corrected chi connectivity index (χ2v) is 12.9. The van der Waals surface area contributed by atoms with E-state index >= 15 is 0 Å². The van der Waals surface area contributed by atoms with E-state index in [0.29, 0.717) is 30.9 Å². The summed E-state index contributed by atoms with van der Waals surface area (Å²) in [7, 11) is -4.14. The fraction of sp³-hybridized carbons (Fsp3) is 0.412. The average Bonchev–Trinajstić information content (AvgIpc) is 3.52. The van der Waals surface area contributed by atoms with Gasteiger partial charge in [0, 0.05) is 12.6 Å². The van der Waals surface area contributed by atoms with Crippen molar-refractivity contribution < 1.29 is 22.7 Å². The lowest BCUT2D eigenvalue weighted by Gasteiger charge is -2.33. The van der Waals surface area contributed by atoms with Gasteiger partial charge in [-0.3, -0.25) is 13.9 Å². The minimum atomic E-state index is -4.14. The lowest BCUT2D eigenvalue weighted by molar-refractivity contribution is -0.139. The van der Waals surface area contributed by atoms with Crippen LogP contribution in [0, 0.1) is 6.92 Å². The molecule has 3 aromatic carbocycles. The van der Waals surface area contributed by atoms with Crippen LogP contribution in [0.3, 0.4) is 0 Å². The molecule has 1 aliphatic carbocycles. The Hall–Kier alpha value is -3.85. The molecular weight excluding hydrogens is 562 g/mol. The smallest absolute Gasteiger partial charge is 0.264 e. The predicted octanol–water partition coefficient (Wildman–Crippen LogP) is 5.50. The highest BCUT2D eigenvalue weighted by atomic mass is 32.2. The van der Waals surface area contributed by atoms with Gasteiger partial charge in [-0.25, -0.2) is 8.42 Å². The monoisotopic (exact) mass is 605 g/mol. The van der Waals surface area contributed by atoms with Gasteiger partial charge in [-0.1, -0.05) is 67.8 Å². The topological polar surface area (TPSA) is 96.0 Å². The van der Waals surface area contributed by atoms with Crippen LogP contribution in [-0.4, -0.2) is 56.9 Å². The normalized spacial score (nSPS) is 14.2. The highest BCUT2D eigenvalue weighted by molar-refractivity contribution is 7.92. The van der Waals surface area contributed by atoms with E-state index in [1.165, 1.54) is 12.1 Å². The first-order chi connectivity index (χ1) is 20.7. The summed E-state index contributed by atoms with van der Waals surface area (Å²) in [4.78, 5) is 29.3. The average molecular weight is 606 g/mol. The molecule has 1 aliphatic rings. The van der Waals surface area contributed by atoms with E-state index in [0.717, 1.165) is 41.1 Å². The van der Waals surface area contributed by atoms with Crippen LogP contribution in [0.15, 0.2) is 83.8 Å². The third-order valence-corrected chi connectivity index (χ3v) is 9.68. The molecule has 2 amide bonds. The maximum Gasteiger partial charge on any atom is 0.264 e. The van der Waals surface area contributed by atoms with Crippen LogP contribution < -0.4 is 14.4 Å². The number of nitrogens with one attached hydrogen (secondary N) is 1. The van der Waals surface area contributed by atoms with Crippen LogP contribution in [0.4, 0.5) is 5.69 Å². The molecule has 1 saturated carbocycles. The maximum absolute atomic E-state index is 14.2. The van der Waals surface area contributed by atoms with E-state index in [1.54, 1.807) is 29.2 Å². The van der Waals surface area contributed by atoms with Gasteiger partial charge in [0.25, 0.3) is 10.0 Å². The lowest BCUT2D eigenvalue weighted by Crippen LogP contribution is -2.54. The van der Waals surface area contributed by atoms with Gasteiger partial charge in [-0.05, 0) is 81.5 Å². The Morgan fingerprint density at radius 2 is 1.58 bits per heavy atom.